The van der Waals surface area contributed by atoms with Crippen molar-refractivity contribution >= 4 is 50.7 Å². The second-order valence-corrected chi connectivity index (χ2v) is 14.2. The summed E-state index contributed by atoms with van der Waals surface area (Å²) in [5, 5.41) is 3.52. The first-order valence-electron chi connectivity index (χ1n) is 14.6. The van der Waals surface area contributed by atoms with Gasteiger partial charge in [0, 0.05) is 24.2 Å². The molecular weight excluding hydrogens is 669 g/mol. The molecule has 0 aromatic heterocycles. The second kappa shape index (κ2) is 15.8. The van der Waals surface area contributed by atoms with Gasteiger partial charge < -0.3 is 29.2 Å². The third kappa shape index (κ3) is 9.15. The Morgan fingerprint density at radius 1 is 0.830 bits per heavy atom. The van der Waals surface area contributed by atoms with Crippen molar-refractivity contribution in [2.45, 2.75) is 57.1 Å². The van der Waals surface area contributed by atoms with Crippen molar-refractivity contribution in [1.29, 1.82) is 0 Å². The number of halogens is 2. The number of rotatable bonds is 14. The third-order valence-corrected chi connectivity index (χ3v) is 9.59. The van der Waals surface area contributed by atoms with E-state index < -0.39 is 40.0 Å². The summed E-state index contributed by atoms with van der Waals surface area (Å²) in [5.41, 5.74) is 0.0270. The minimum absolute atomic E-state index is 0.0386. The van der Waals surface area contributed by atoms with Gasteiger partial charge in [-0.1, -0.05) is 36.2 Å². The van der Waals surface area contributed by atoms with Crippen LogP contribution < -0.4 is 28.6 Å². The van der Waals surface area contributed by atoms with Crippen LogP contribution in [0, 0.1) is 0 Å². The van der Waals surface area contributed by atoms with E-state index in [-0.39, 0.29) is 40.1 Å². The van der Waals surface area contributed by atoms with Crippen LogP contribution in [0.4, 0.5) is 5.69 Å². The highest BCUT2D eigenvalue weighted by atomic mass is 35.5. The average molecular weight is 711 g/mol. The lowest BCUT2D eigenvalue weighted by molar-refractivity contribution is -0.141. The van der Waals surface area contributed by atoms with Crippen molar-refractivity contribution in [3.63, 3.8) is 0 Å². The van der Waals surface area contributed by atoms with E-state index in [9.17, 15) is 18.0 Å². The van der Waals surface area contributed by atoms with Crippen LogP contribution in [0.3, 0.4) is 0 Å². The molecule has 0 radical (unpaired) electrons. The molecule has 3 aromatic rings. The molecule has 3 aromatic carbocycles. The Hall–Kier alpha value is -3.87. The first kappa shape index (κ1) is 37.6. The largest absolute Gasteiger partial charge is 0.497 e. The molecule has 47 heavy (non-hydrogen) atoms. The number of benzene rings is 3. The molecule has 1 atom stereocenters. The zero-order valence-corrected chi connectivity index (χ0v) is 30.0. The number of hydrogen-bond donors (Lipinski definition) is 1. The van der Waals surface area contributed by atoms with Crippen LogP contribution in [0.5, 0.6) is 23.0 Å². The molecule has 0 heterocycles. The molecule has 11 nitrogen and oxygen atoms in total. The van der Waals surface area contributed by atoms with Crippen LogP contribution in [-0.4, -0.2) is 71.7 Å². The molecule has 0 aliphatic heterocycles. The molecule has 3 rings (SSSR count). The van der Waals surface area contributed by atoms with Crippen molar-refractivity contribution in [3.05, 3.63) is 70.2 Å². The standard InChI is InChI=1S/C33H41Cl2N3O8S/c1-9-26(32(40)36-33(2,3)4)37(19-21-10-13-24(34)25(35)16-21)31(39)20-38(27-17-22(43-5)11-14-28(27)44-6)47(41,42)23-12-15-29(45-7)30(18-23)46-8/h10-18,26H,9,19-20H2,1-8H3,(H,36,40). The molecule has 256 valence electrons. The predicted molar refractivity (Wildman–Crippen MR) is 183 cm³/mol. The highest BCUT2D eigenvalue weighted by molar-refractivity contribution is 7.92. The maximum Gasteiger partial charge on any atom is 0.265 e. The smallest absolute Gasteiger partial charge is 0.265 e. The lowest BCUT2D eigenvalue weighted by atomic mass is 10.1. The third-order valence-electron chi connectivity index (χ3n) is 7.10. The summed E-state index contributed by atoms with van der Waals surface area (Å²) in [6.07, 6.45) is 0.236. The molecule has 0 fully saturated rings. The fourth-order valence-corrected chi connectivity index (χ4v) is 6.57. The summed E-state index contributed by atoms with van der Waals surface area (Å²) in [6.45, 7) is 6.48. The van der Waals surface area contributed by atoms with Crippen LogP contribution in [0.1, 0.15) is 39.7 Å². The normalized spacial score (nSPS) is 12.1. The van der Waals surface area contributed by atoms with Gasteiger partial charge in [-0.3, -0.25) is 13.9 Å². The summed E-state index contributed by atoms with van der Waals surface area (Å²) < 4.78 is 51.5. The van der Waals surface area contributed by atoms with E-state index in [1.807, 2.05) is 20.8 Å². The number of sulfonamides is 1. The first-order chi connectivity index (χ1) is 22.1. The Morgan fingerprint density at radius 2 is 1.47 bits per heavy atom. The number of carbonyl (C=O) groups excluding carboxylic acids is 2. The van der Waals surface area contributed by atoms with E-state index in [1.54, 1.807) is 31.2 Å². The Morgan fingerprint density at radius 3 is 2.02 bits per heavy atom. The van der Waals surface area contributed by atoms with Crippen LogP contribution in [0.15, 0.2) is 59.5 Å². The summed E-state index contributed by atoms with van der Waals surface area (Å²) in [4.78, 5) is 29.2. The molecule has 0 bridgehead atoms. The molecule has 0 aliphatic rings. The molecule has 14 heteroatoms. The zero-order valence-electron chi connectivity index (χ0n) is 27.7. The summed E-state index contributed by atoms with van der Waals surface area (Å²) in [7, 11) is 1.14. The minimum atomic E-state index is -4.49. The van der Waals surface area contributed by atoms with Crippen LogP contribution in [0.2, 0.25) is 10.0 Å². The topological polar surface area (TPSA) is 124 Å². The number of amides is 2. The molecular formula is C33H41Cl2N3O8S. The van der Waals surface area contributed by atoms with Crippen molar-refractivity contribution in [2.24, 2.45) is 0 Å². The number of nitrogens with zero attached hydrogens (tertiary/aromatic N) is 2. The second-order valence-electron chi connectivity index (χ2n) is 11.5. The van der Waals surface area contributed by atoms with Crippen LogP contribution >= 0.6 is 23.2 Å². The van der Waals surface area contributed by atoms with Gasteiger partial charge in [-0.2, -0.15) is 0 Å². The maximum atomic E-state index is 14.5. The van der Waals surface area contributed by atoms with E-state index in [1.165, 1.54) is 63.7 Å². The highest BCUT2D eigenvalue weighted by Gasteiger charge is 2.36. The monoisotopic (exact) mass is 709 g/mol. The Kier molecular flexibility index (Phi) is 12.6. The molecule has 0 spiro atoms. The Labute approximate surface area is 286 Å². The van der Waals surface area contributed by atoms with Gasteiger partial charge in [0.05, 0.1) is 49.1 Å². The minimum Gasteiger partial charge on any atom is -0.497 e. The van der Waals surface area contributed by atoms with E-state index in [2.05, 4.69) is 5.32 Å². The van der Waals surface area contributed by atoms with Crippen molar-refractivity contribution < 1.29 is 37.0 Å². The highest BCUT2D eigenvalue weighted by Crippen LogP contribution is 2.38. The van der Waals surface area contributed by atoms with Gasteiger partial charge >= 0.3 is 0 Å². The van der Waals surface area contributed by atoms with Crippen LogP contribution in [-0.2, 0) is 26.2 Å². The maximum absolute atomic E-state index is 14.5. The van der Waals surface area contributed by atoms with Crippen molar-refractivity contribution in [2.75, 3.05) is 39.3 Å². The van der Waals surface area contributed by atoms with Gasteiger partial charge in [0.1, 0.15) is 24.1 Å². The summed E-state index contributed by atoms with van der Waals surface area (Å²) in [5.74, 6) is -0.0942. The molecule has 1 unspecified atom stereocenters. The quantitative estimate of drug-likeness (QED) is 0.218. The SMILES string of the molecule is CCC(C(=O)NC(C)(C)C)N(Cc1ccc(Cl)c(Cl)c1)C(=O)CN(c1cc(OC)ccc1OC)S(=O)(=O)c1ccc(OC)c(OC)c1. The van der Waals surface area contributed by atoms with Gasteiger partial charge in [-0.15, -0.1) is 0 Å². The van der Waals surface area contributed by atoms with Gasteiger partial charge in [-0.05, 0) is 69.2 Å². The number of ether oxygens (including phenoxy) is 4. The number of hydrogen-bond acceptors (Lipinski definition) is 8. The number of carbonyl (C=O) groups is 2. The van der Waals surface area contributed by atoms with Gasteiger partial charge in [0.2, 0.25) is 11.8 Å². The van der Waals surface area contributed by atoms with E-state index in [0.717, 1.165) is 4.31 Å². The fraction of sp³-hybridized carbons (Fsp3) is 0.394. The lowest BCUT2D eigenvalue weighted by Crippen LogP contribution is -2.55. The zero-order chi connectivity index (χ0) is 35.1. The predicted octanol–water partition coefficient (Wildman–Crippen LogP) is 5.95. The molecule has 2 amide bonds. The van der Waals surface area contributed by atoms with Gasteiger partial charge in [0.15, 0.2) is 11.5 Å². The van der Waals surface area contributed by atoms with Gasteiger partial charge in [-0.25, -0.2) is 8.42 Å². The Bertz CT molecular complexity index is 1700. The summed E-state index contributed by atoms with van der Waals surface area (Å²) >= 11 is 12.4. The fourth-order valence-electron chi connectivity index (χ4n) is 4.82. The average Bonchev–Trinajstić information content (AvgIpc) is 3.03. The Balaban J connectivity index is 2.22. The lowest BCUT2D eigenvalue weighted by Gasteiger charge is -2.35. The molecule has 0 saturated heterocycles. The van der Waals surface area contributed by atoms with Gasteiger partial charge in [0.25, 0.3) is 10.0 Å². The van der Waals surface area contributed by atoms with E-state index in [4.69, 9.17) is 42.1 Å². The van der Waals surface area contributed by atoms with Crippen LogP contribution in [0.25, 0.3) is 0 Å². The van der Waals surface area contributed by atoms with E-state index >= 15 is 0 Å². The molecule has 0 aliphatic carbocycles. The molecule has 1 N–H and O–H groups in total. The number of anilines is 1. The van der Waals surface area contributed by atoms with Crippen molar-refractivity contribution in [1.82, 2.24) is 10.2 Å². The van der Waals surface area contributed by atoms with E-state index in [0.29, 0.717) is 22.1 Å². The van der Waals surface area contributed by atoms with Crippen molar-refractivity contribution in [3.8, 4) is 23.0 Å². The molecule has 0 saturated carbocycles. The first-order valence-corrected chi connectivity index (χ1v) is 16.8. The number of methoxy groups -OCH3 is 4. The number of nitrogens with one attached hydrogen (secondary N) is 1. The summed E-state index contributed by atoms with van der Waals surface area (Å²) in [6, 6.07) is 12.6.